The minimum Gasteiger partial charge on any atom is -0.304 e. The molecule has 0 aliphatic carbocycles. The highest BCUT2D eigenvalue weighted by molar-refractivity contribution is 5.79. The normalized spacial score (nSPS) is 10.3. The van der Waals surface area contributed by atoms with E-state index < -0.39 is 0 Å². The summed E-state index contributed by atoms with van der Waals surface area (Å²) in [5.74, 6) is 0.918. The number of aromatic nitrogens is 2. The molecule has 0 unspecified atom stereocenters. The van der Waals surface area contributed by atoms with Crippen LogP contribution in [0.2, 0.25) is 0 Å². The first kappa shape index (κ1) is 9.65. The number of carbonyl (C=O) groups excluding carboxylic acids is 1. The van der Waals surface area contributed by atoms with Crippen LogP contribution in [0.5, 0.6) is 0 Å². The van der Waals surface area contributed by atoms with E-state index in [2.05, 4.69) is 4.98 Å². The lowest BCUT2D eigenvalue weighted by Crippen LogP contribution is -2.00. The van der Waals surface area contributed by atoms with E-state index in [-0.39, 0.29) is 0 Å². The summed E-state index contributed by atoms with van der Waals surface area (Å²) in [6, 6.07) is 5.68. The maximum atomic E-state index is 10.8. The van der Waals surface area contributed by atoms with Gasteiger partial charge in [-0.3, -0.25) is 4.79 Å². The molecule has 1 aromatic carbocycles. The molecule has 2 aromatic rings. The first-order valence-corrected chi connectivity index (χ1v) is 4.79. The standard InChI is InChI=1S/C12H12N2O/c1-9-11(8-15)4-3-5-12(9)14-7-6-13-10(14)2/h3-8H,1-2H3. The number of hydrogen-bond acceptors (Lipinski definition) is 2. The fourth-order valence-corrected chi connectivity index (χ4v) is 1.66. The molecule has 1 aromatic heterocycles. The Bertz CT molecular complexity index is 500. The van der Waals surface area contributed by atoms with E-state index in [9.17, 15) is 4.79 Å². The maximum Gasteiger partial charge on any atom is 0.150 e. The van der Waals surface area contributed by atoms with Crippen LogP contribution in [0, 0.1) is 13.8 Å². The second-order valence-electron chi connectivity index (χ2n) is 3.45. The van der Waals surface area contributed by atoms with Crippen LogP contribution in [0.3, 0.4) is 0 Å². The Kier molecular flexibility index (Phi) is 2.37. The summed E-state index contributed by atoms with van der Waals surface area (Å²) < 4.78 is 1.97. The first-order chi connectivity index (χ1) is 7.24. The van der Waals surface area contributed by atoms with Crippen LogP contribution >= 0.6 is 0 Å². The minimum atomic E-state index is 0.723. The molecular weight excluding hydrogens is 188 g/mol. The van der Waals surface area contributed by atoms with E-state index in [0.29, 0.717) is 0 Å². The van der Waals surface area contributed by atoms with Crippen molar-refractivity contribution in [3.63, 3.8) is 0 Å². The van der Waals surface area contributed by atoms with Crippen molar-refractivity contribution in [1.29, 1.82) is 0 Å². The average Bonchev–Trinajstić information content (AvgIpc) is 2.65. The van der Waals surface area contributed by atoms with Crippen LogP contribution in [0.4, 0.5) is 0 Å². The Morgan fingerprint density at radius 3 is 2.73 bits per heavy atom. The molecule has 15 heavy (non-hydrogen) atoms. The molecule has 76 valence electrons. The Morgan fingerprint density at radius 1 is 1.33 bits per heavy atom. The quantitative estimate of drug-likeness (QED) is 0.697. The van der Waals surface area contributed by atoms with Gasteiger partial charge in [-0.2, -0.15) is 0 Å². The van der Waals surface area contributed by atoms with Gasteiger partial charge in [0.15, 0.2) is 0 Å². The summed E-state index contributed by atoms with van der Waals surface area (Å²) in [4.78, 5) is 15.0. The van der Waals surface area contributed by atoms with E-state index in [1.54, 1.807) is 6.20 Å². The van der Waals surface area contributed by atoms with Gasteiger partial charge in [-0.1, -0.05) is 12.1 Å². The van der Waals surface area contributed by atoms with Crippen molar-refractivity contribution in [2.45, 2.75) is 13.8 Å². The maximum absolute atomic E-state index is 10.8. The van der Waals surface area contributed by atoms with Crippen molar-refractivity contribution in [2.75, 3.05) is 0 Å². The number of imidazole rings is 1. The number of nitrogens with zero attached hydrogens (tertiary/aromatic N) is 2. The molecule has 0 radical (unpaired) electrons. The lowest BCUT2D eigenvalue weighted by molar-refractivity contribution is 0.112. The van der Waals surface area contributed by atoms with Crippen LogP contribution in [0.25, 0.3) is 5.69 Å². The summed E-state index contributed by atoms with van der Waals surface area (Å²) in [5, 5.41) is 0. The van der Waals surface area contributed by atoms with Gasteiger partial charge in [0.2, 0.25) is 0 Å². The van der Waals surface area contributed by atoms with E-state index in [1.165, 1.54) is 0 Å². The van der Waals surface area contributed by atoms with Gasteiger partial charge < -0.3 is 4.57 Å². The molecule has 3 heteroatoms. The molecule has 0 aliphatic heterocycles. The third kappa shape index (κ3) is 1.56. The molecule has 0 atom stereocenters. The third-order valence-electron chi connectivity index (χ3n) is 2.56. The molecule has 0 amide bonds. The Hall–Kier alpha value is -1.90. The topological polar surface area (TPSA) is 34.9 Å². The fourth-order valence-electron chi connectivity index (χ4n) is 1.66. The second kappa shape index (κ2) is 3.69. The summed E-state index contributed by atoms with van der Waals surface area (Å²) in [5.41, 5.74) is 2.71. The number of carbonyl (C=O) groups is 1. The largest absolute Gasteiger partial charge is 0.304 e. The molecule has 0 saturated heterocycles. The number of rotatable bonds is 2. The zero-order valence-corrected chi connectivity index (χ0v) is 8.77. The third-order valence-corrected chi connectivity index (χ3v) is 2.56. The molecule has 3 nitrogen and oxygen atoms in total. The van der Waals surface area contributed by atoms with Gasteiger partial charge >= 0.3 is 0 Å². The van der Waals surface area contributed by atoms with Gasteiger partial charge in [-0.25, -0.2) is 4.98 Å². The number of hydrogen-bond donors (Lipinski definition) is 0. The van der Waals surface area contributed by atoms with Crippen LogP contribution < -0.4 is 0 Å². The molecule has 0 saturated carbocycles. The van der Waals surface area contributed by atoms with Gasteiger partial charge in [0, 0.05) is 18.0 Å². The summed E-state index contributed by atoms with van der Waals surface area (Å²) >= 11 is 0. The van der Waals surface area contributed by atoms with E-state index in [1.807, 2.05) is 42.8 Å². The number of aryl methyl sites for hydroxylation is 1. The zero-order valence-electron chi connectivity index (χ0n) is 8.77. The van der Waals surface area contributed by atoms with Crippen molar-refractivity contribution < 1.29 is 4.79 Å². The predicted octanol–water partition coefficient (Wildman–Crippen LogP) is 2.30. The van der Waals surface area contributed by atoms with Gasteiger partial charge in [-0.05, 0) is 25.5 Å². The van der Waals surface area contributed by atoms with Gasteiger partial charge in [0.1, 0.15) is 12.1 Å². The van der Waals surface area contributed by atoms with Gasteiger partial charge in [-0.15, -0.1) is 0 Å². The molecule has 2 rings (SSSR count). The van der Waals surface area contributed by atoms with Gasteiger partial charge in [0.05, 0.1) is 5.69 Å². The van der Waals surface area contributed by atoms with Crippen LogP contribution in [-0.4, -0.2) is 15.8 Å². The summed E-state index contributed by atoms with van der Waals surface area (Å²) in [6.45, 7) is 3.88. The van der Waals surface area contributed by atoms with Crippen LogP contribution in [-0.2, 0) is 0 Å². The number of aldehydes is 1. The highest BCUT2D eigenvalue weighted by atomic mass is 16.1. The molecule has 0 bridgehead atoms. The van der Waals surface area contributed by atoms with Gasteiger partial charge in [0.25, 0.3) is 0 Å². The molecule has 0 fully saturated rings. The van der Waals surface area contributed by atoms with E-state index >= 15 is 0 Å². The lowest BCUT2D eigenvalue weighted by Gasteiger charge is -2.09. The molecular formula is C12H12N2O. The average molecular weight is 200 g/mol. The summed E-state index contributed by atoms with van der Waals surface area (Å²) in [7, 11) is 0. The Morgan fingerprint density at radius 2 is 2.13 bits per heavy atom. The van der Waals surface area contributed by atoms with Crippen LogP contribution in [0.1, 0.15) is 21.7 Å². The SMILES string of the molecule is Cc1c(C=O)cccc1-n1ccnc1C. The first-order valence-electron chi connectivity index (χ1n) is 4.79. The van der Waals surface area contributed by atoms with Crippen molar-refractivity contribution in [1.82, 2.24) is 9.55 Å². The molecule has 0 aliphatic rings. The monoisotopic (exact) mass is 200 g/mol. The predicted molar refractivity (Wildman–Crippen MR) is 58.4 cm³/mol. The van der Waals surface area contributed by atoms with Crippen LogP contribution in [0.15, 0.2) is 30.6 Å². The Labute approximate surface area is 88.4 Å². The minimum absolute atomic E-state index is 0.723. The van der Waals surface area contributed by atoms with Crippen molar-refractivity contribution in [3.8, 4) is 5.69 Å². The summed E-state index contributed by atoms with van der Waals surface area (Å²) in [6.07, 6.45) is 4.53. The highest BCUT2D eigenvalue weighted by Gasteiger charge is 2.06. The van der Waals surface area contributed by atoms with Crippen molar-refractivity contribution in [2.24, 2.45) is 0 Å². The smallest absolute Gasteiger partial charge is 0.150 e. The second-order valence-corrected chi connectivity index (χ2v) is 3.45. The number of benzene rings is 1. The van der Waals surface area contributed by atoms with E-state index in [0.717, 1.165) is 28.9 Å². The Balaban J connectivity index is 2.64. The lowest BCUT2D eigenvalue weighted by atomic mass is 10.1. The van der Waals surface area contributed by atoms with E-state index in [4.69, 9.17) is 0 Å². The molecule has 0 spiro atoms. The molecule has 0 N–H and O–H groups in total. The van der Waals surface area contributed by atoms with Crippen molar-refractivity contribution >= 4 is 6.29 Å². The fraction of sp³-hybridized carbons (Fsp3) is 0.167. The molecule has 1 heterocycles. The zero-order chi connectivity index (χ0) is 10.8. The highest BCUT2D eigenvalue weighted by Crippen LogP contribution is 2.17. The van der Waals surface area contributed by atoms with Crippen molar-refractivity contribution in [3.05, 3.63) is 47.5 Å².